The van der Waals surface area contributed by atoms with E-state index in [1.165, 1.54) is 0 Å². The molecule has 2 rings (SSSR count). The van der Waals surface area contributed by atoms with Crippen LogP contribution in [0.15, 0.2) is 28.7 Å². The summed E-state index contributed by atoms with van der Waals surface area (Å²) < 4.78 is 6.71. The summed E-state index contributed by atoms with van der Waals surface area (Å²) in [7, 11) is 0. The summed E-state index contributed by atoms with van der Waals surface area (Å²) in [5.74, 6) is 1.22. The quantitative estimate of drug-likeness (QED) is 0.829. The van der Waals surface area contributed by atoms with Gasteiger partial charge in [-0.15, -0.1) is 12.4 Å². The lowest BCUT2D eigenvalue weighted by Crippen LogP contribution is -2.39. The third kappa shape index (κ3) is 5.49. The highest BCUT2D eigenvalue weighted by Gasteiger charge is 2.26. The predicted molar refractivity (Wildman–Crippen MR) is 90.1 cm³/mol. The van der Waals surface area contributed by atoms with Gasteiger partial charge in [0.1, 0.15) is 12.4 Å². The van der Waals surface area contributed by atoms with Crippen LogP contribution in [0.25, 0.3) is 0 Å². The second-order valence-electron chi connectivity index (χ2n) is 4.91. The van der Waals surface area contributed by atoms with E-state index in [4.69, 9.17) is 4.74 Å². The van der Waals surface area contributed by atoms with E-state index in [1.54, 1.807) is 0 Å². The van der Waals surface area contributed by atoms with Gasteiger partial charge in [-0.2, -0.15) is 0 Å². The van der Waals surface area contributed by atoms with Gasteiger partial charge in [0.2, 0.25) is 5.91 Å². The Morgan fingerprint density at radius 2 is 2.14 bits per heavy atom. The molecule has 0 spiro atoms. The van der Waals surface area contributed by atoms with Crippen molar-refractivity contribution in [3.05, 3.63) is 28.7 Å². The molecule has 21 heavy (non-hydrogen) atoms. The standard InChI is InChI=1S/C15H21BrN2O2.ClH/c1-2-18(15(19)12-7-8-17-11-12)9-10-20-14-5-3-13(16)4-6-14;/h3-6,12,17H,2,7-11H2,1H3;1H. The topological polar surface area (TPSA) is 41.6 Å². The average molecular weight is 378 g/mol. The second-order valence-corrected chi connectivity index (χ2v) is 5.83. The van der Waals surface area contributed by atoms with Gasteiger partial charge in [0.15, 0.2) is 0 Å². The molecule has 4 nitrogen and oxygen atoms in total. The smallest absolute Gasteiger partial charge is 0.227 e. The largest absolute Gasteiger partial charge is 0.492 e. The first-order valence-corrected chi connectivity index (χ1v) is 7.88. The van der Waals surface area contributed by atoms with E-state index in [0.29, 0.717) is 13.2 Å². The van der Waals surface area contributed by atoms with Crippen molar-refractivity contribution >= 4 is 34.2 Å². The van der Waals surface area contributed by atoms with Crippen LogP contribution in [0.1, 0.15) is 13.3 Å². The van der Waals surface area contributed by atoms with Gasteiger partial charge in [-0.3, -0.25) is 4.79 Å². The van der Waals surface area contributed by atoms with Gasteiger partial charge in [0.25, 0.3) is 0 Å². The van der Waals surface area contributed by atoms with Crippen molar-refractivity contribution in [1.29, 1.82) is 0 Å². The predicted octanol–water partition coefficient (Wildman–Crippen LogP) is 2.71. The maximum absolute atomic E-state index is 12.3. The summed E-state index contributed by atoms with van der Waals surface area (Å²) in [6.07, 6.45) is 0.947. The SMILES string of the molecule is CCN(CCOc1ccc(Br)cc1)C(=O)C1CCNC1.Cl. The van der Waals surface area contributed by atoms with E-state index in [2.05, 4.69) is 21.2 Å². The van der Waals surface area contributed by atoms with E-state index < -0.39 is 0 Å². The number of carbonyl (C=O) groups excluding carboxylic acids is 1. The van der Waals surface area contributed by atoms with E-state index in [0.717, 1.165) is 36.3 Å². The van der Waals surface area contributed by atoms with Crippen molar-refractivity contribution in [3.63, 3.8) is 0 Å². The van der Waals surface area contributed by atoms with Crippen molar-refractivity contribution < 1.29 is 9.53 Å². The van der Waals surface area contributed by atoms with E-state index in [-0.39, 0.29) is 24.2 Å². The van der Waals surface area contributed by atoms with Gasteiger partial charge < -0.3 is 15.0 Å². The minimum Gasteiger partial charge on any atom is -0.492 e. The number of likely N-dealkylation sites (N-methyl/N-ethyl adjacent to an activating group) is 1. The highest BCUT2D eigenvalue weighted by molar-refractivity contribution is 9.10. The van der Waals surface area contributed by atoms with Crippen LogP contribution >= 0.6 is 28.3 Å². The van der Waals surface area contributed by atoms with Gasteiger partial charge in [-0.25, -0.2) is 0 Å². The van der Waals surface area contributed by atoms with E-state index >= 15 is 0 Å². The van der Waals surface area contributed by atoms with E-state index in [9.17, 15) is 4.79 Å². The molecule has 1 amide bonds. The molecule has 0 aromatic heterocycles. The van der Waals surface area contributed by atoms with Gasteiger partial charge >= 0.3 is 0 Å². The first-order valence-electron chi connectivity index (χ1n) is 7.08. The van der Waals surface area contributed by atoms with Gasteiger partial charge in [0, 0.05) is 17.6 Å². The Morgan fingerprint density at radius 3 is 2.71 bits per heavy atom. The molecule has 1 fully saturated rings. The van der Waals surface area contributed by atoms with Crippen LogP contribution in [-0.4, -0.2) is 43.6 Å². The molecule has 1 aliphatic rings. The molecule has 0 radical (unpaired) electrons. The Bertz CT molecular complexity index is 436. The number of hydrogen-bond donors (Lipinski definition) is 1. The first-order chi connectivity index (χ1) is 9.70. The molecule has 0 saturated carbocycles. The second kappa shape index (κ2) is 9.28. The molecule has 6 heteroatoms. The maximum Gasteiger partial charge on any atom is 0.227 e. The molecule has 1 N–H and O–H groups in total. The molecule has 1 atom stereocenters. The summed E-state index contributed by atoms with van der Waals surface area (Å²) in [5, 5.41) is 3.24. The molecule has 1 unspecified atom stereocenters. The number of benzene rings is 1. The van der Waals surface area contributed by atoms with Gasteiger partial charge in [-0.05, 0) is 44.2 Å². The van der Waals surface area contributed by atoms with E-state index in [1.807, 2.05) is 36.1 Å². The van der Waals surface area contributed by atoms with Crippen LogP contribution in [0, 0.1) is 5.92 Å². The average Bonchev–Trinajstić information content (AvgIpc) is 2.99. The number of carbonyl (C=O) groups is 1. The molecule has 1 aliphatic heterocycles. The van der Waals surface area contributed by atoms with Crippen molar-refractivity contribution in [2.45, 2.75) is 13.3 Å². The zero-order valence-electron chi connectivity index (χ0n) is 12.2. The maximum atomic E-state index is 12.3. The third-order valence-electron chi connectivity index (χ3n) is 3.55. The molecular formula is C15H22BrClN2O2. The minimum absolute atomic E-state index is 0. The summed E-state index contributed by atoms with van der Waals surface area (Å²) in [5.41, 5.74) is 0. The summed E-state index contributed by atoms with van der Waals surface area (Å²) in [6.45, 7) is 5.68. The Morgan fingerprint density at radius 1 is 1.43 bits per heavy atom. The normalized spacial score (nSPS) is 17.1. The van der Waals surface area contributed by atoms with Crippen molar-refractivity contribution in [3.8, 4) is 5.75 Å². The van der Waals surface area contributed by atoms with Crippen molar-refractivity contribution in [2.24, 2.45) is 5.92 Å². The number of halogens is 2. The fourth-order valence-electron chi connectivity index (χ4n) is 2.35. The summed E-state index contributed by atoms with van der Waals surface area (Å²) >= 11 is 3.39. The lowest BCUT2D eigenvalue weighted by Gasteiger charge is -2.24. The molecule has 118 valence electrons. The van der Waals surface area contributed by atoms with Crippen LogP contribution in [0.4, 0.5) is 0 Å². The number of rotatable bonds is 6. The Kier molecular flexibility index (Phi) is 8.07. The Balaban J connectivity index is 0.00000220. The third-order valence-corrected chi connectivity index (χ3v) is 4.08. The number of ether oxygens (including phenoxy) is 1. The number of nitrogens with one attached hydrogen (secondary N) is 1. The van der Waals surface area contributed by atoms with Crippen LogP contribution < -0.4 is 10.1 Å². The zero-order valence-corrected chi connectivity index (χ0v) is 14.6. The van der Waals surface area contributed by atoms with Gasteiger partial charge in [-0.1, -0.05) is 15.9 Å². The van der Waals surface area contributed by atoms with Crippen LogP contribution in [0.2, 0.25) is 0 Å². The molecule has 1 aromatic rings. The van der Waals surface area contributed by atoms with Crippen LogP contribution in [-0.2, 0) is 4.79 Å². The minimum atomic E-state index is 0. The molecule has 0 aliphatic carbocycles. The molecule has 1 heterocycles. The Hall–Kier alpha value is -0.780. The molecule has 1 saturated heterocycles. The highest BCUT2D eigenvalue weighted by Crippen LogP contribution is 2.16. The Labute approximate surface area is 140 Å². The first kappa shape index (κ1) is 18.3. The molecular weight excluding hydrogens is 356 g/mol. The fraction of sp³-hybridized carbons (Fsp3) is 0.533. The lowest BCUT2D eigenvalue weighted by molar-refractivity contribution is -0.135. The highest BCUT2D eigenvalue weighted by atomic mass is 79.9. The number of nitrogens with zero attached hydrogens (tertiary/aromatic N) is 1. The number of hydrogen-bond acceptors (Lipinski definition) is 3. The van der Waals surface area contributed by atoms with Crippen molar-refractivity contribution in [2.75, 3.05) is 32.8 Å². The lowest BCUT2D eigenvalue weighted by atomic mass is 10.1. The monoisotopic (exact) mass is 376 g/mol. The number of amides is 1. The van der Waals surface area contributed by atoms with Gasteiger partial charge in [0.05, 0.1) is 12.5 Å². The molecule has 0 bridgehead atoms. The van der Waals surface area contributed by atoms with Crippen molar-refractivity contribution in [1.82, 2.24) is 10.2 Å². The summed E-state index contributed by atoms with van der Waals surface area (Å²) in [4.78, 5) is 14.2. The van der Waals surface area contributed by atoms with Crippen LogP contribution in [0.5, 0.6) is 5.75 Å². The fourth-order valence-corrected chi connectivity index (χ4v) is 2.62. The molecule has 1 aromatic carbocycles. The summed E-state index contributed by atoms with van der Waals surface area (Å²) in [6, 6.07) is 7.73. The zero-order chi connectivity index (χ0) is 14.4. The van der Waals surface area contributed by atoms with Crippen LogP contribution in [0.3, 0.4) is 0 Å².